The zero-order valence-corrected chi connectivity index (χ0v) is 15.0. The van der Waals surface area contributed by atoms with Gasteiger partial charge in [-0.25, -0.2) is 0 Å². The molecule has 1 aliphatic heterocycles. The van der Waals surface area contributed by atoms with Crippen LogP contribution in [0.4, 0.5) is 0 Å². The van der Waals surface area contributed by atoms with Gasteiger partial charge in [0.25, 0.3) is 5.91 Å². The molecular weight excluding hydrogens is 348 g/mol. The van der Waals surface area contributed by atoms with E-state index in [4.69, 9.17) is 14.0 Å². The van der Waals surface area contributed by atoms with Crippen LogP contribution in [-0.2, 0) is 0 Å². The number of hydrogen-bond donors (Lipinski definition) is 0. The molecule has 3 aromatic rings. The second-order valence-electron chi connectivity index (χ2n) is 6.07. The molecule has 27 heavy (non-hydrogen) atoms. The lowest BCUT2D eigenvalue weighted by molar-refractivity contribution is 0.0375. The minimum atomic E-state index is -0.258. The first kappa shape index (κ1) is 17.0. The summed E-state index contributed by atoms with van der Waals surface area (Å²) < 4.78 is 16.0. The fourth-order valence-electron chi connectivity index (χ4n) is 3.01. The van der Waals surface area contributed by atoms with Crippen LogP contribution >= 0.6 is 0 Å². The van der Waals surface area contributed by atoms with Gasteiger partial charge in [0.1, 0.15) is 17.5 Å². The van der Waals surface area contributed by atoms with Crippen molar-refractivity contribution in [1.29, 1.82) is 0 Å². The normalized spacial score (nSPS) is 15.9. The molecule has 0 saturated carbocycles. The maximum atomic E-state index is 13.0. The van der Waals surface area contributed by atoms with E-state index in [0.717, 1.165) is 12.0 Å². The topological polar surface area (TPSA) is 90.6 Å². The molecule has 138 valence electrons. The molecule has 1 fully saturated rings. The van der Waals surface area contributed by atoms with E-state index in [1.165, 1.54) is 7.11 Å². The molecule has 4 rings (SSSR count). The zero-order valence-electron chi connectivity index (χ0n) is 15.0. The molecule has 8 nitrogen and oxygen atoms in total. The quantitative estimate of drug-likeness (QED) is 0.686. The van der Waals surface area contributed by atoms with Gasteiger partial charge < -0.3 is 18.9 Å². The van der Waals surface area contributed by atoms with E-state index in [1.54, 1.807) is 48.7 Å². The summed E-state index contributed by atoms with van der Waals surface area (Å²) in [6.07, 6.45) is 4.10. The molecule has 3 heterocycles. The van der Waals surface area contributed by atoms with Crippen molar-refractivity contribution in [2.24, 2.45) is 0 Å². The number of hydrogen-bond acceptors (Lipinski definition) is 7. The monoisotopic (exact) mass is 366 g/mol. The molecule has 0 radical (unpaired) electrons. The Morgan fingerprint density at radius 3 is 2.81 bits per heavy atom. The van der Waals surface area contributed by atoms with E-state index in [2.05, 4.69) is 15.1 Å². The predicted octanol–water partition coefficient (Wildman–Crippen LogP) is 2.74. The second-order valence-corrected chi connectivity index (χ2v) is 6.07. The van der Waals surface area contributed by atoms with Gasteiger partial charge in [-0.15, -0.1) is 0 Å². The van der Waals surface area contributed by atoms with Gasteiger partial charge in [0.05, 0.1) is 19.8 Å². The molecule has 0 spiro atoms. The predicted molar refractivity (Wildman–Crippen MR) is 95.5 cm³/mol. The van der Waals surface area contributed by atoms with Crippen molar-refractivity contribution in [3.8, 4) is 22.9 Å². The average Bonchev–Trinajstić information content (AvgIpc) is 3.16. The lowest BCUT2D eigenvalue weighted by Crippen LogP contribution is -2.45. The van der Waals surface area contributed by atoms with Gasteiger partial charge in [-0.05, 0) is 36.8 Å². The smallest absolute Gasteiger partial charge is 0.258 e. The van der Waals surface area contributed by atoms with Crippen molar-refractivity contribution in [2.75, 3.05) is 20.8 Å². The highest BCUT2D eigenvalue weighted by Gasteiger charge is 2.39. The molecule has 0 aliphatic carbocycles. The molecule has 1 amide bonds. The molecule has 0 bridgehead atoms. The minimum Gasteiger partial charge on any atom is -0.497 e. The first-order chi connectivity index (χ1) is 13.2. The van der Waals surface area contributed by atoms with E-state index in [1.807, 2.05) is 6.07 Å². The van der Waals surface area contributed by atoms with Crippen molar-refractivity contribution in [3.63, 3.8) is 0 Å². The van der Waals surface area contributed by atoms with Crippen molar-refractivity contribution in [1.82, 2.24) is 20.0 Å². The third kappa shape index (κ3) is 3.10. The lowest BCUT2D eigenvalue weighted by atomic mass is 10.0. The first-order valence-electron chi connectivity index (χ1n) is 8.48. The number of nitrogens with zero attached hydrogens (tertiary/aromatic N) is 4. The Morgan fingerprint density at radius 2 is 2.15 bits per heavy atom. The Morgan fingerprint density at radius 1 is 1.26 bits per heavy atom. The Hall–Kier alpha value is -3.42. The third-order valence-electron chi connectivity index (χ3n) is 4.56. The van der Waals surface area contributed by atoms with E-state index in [9.17, 15) is 4.79 Å². The standard InChI is InChI=1S/C19H18N4O4/c1-25-13-5-6-16(26-2)14(10-13)19(24)23-9-7-15(23)18-21-17(22-27-18)12-4-3-8-20-11-12/h3-6,8,10-11,15H,7,9H2,1-2H3. The fourth-order valence-corrected chi connectivity index (χ4v) is 3.01. The number of methoxy groups -OCH3 is 2. The Bertz CT molecular complexity index is 957. The van der Waals surface area contributed by atoms with Crippen LogP contribution in [0.25, 0.3) is 11.4 Å². The summed E-state index contributed by atoms with van der Waals surface area (Å²) in [4.78, 5) is 23.2. The maximum Gasteiger partial charge on any atom is 0.258 e. The number of rotatable bonds is 5. The third-order valence-corrected chi connectivity index (χ3v) is 4.56. The van der Waals surface area contributed by atoms with Gasteiger partial charge in [0.15, 0.2) is 0 Å². The molecule has 1 unspecified atom stereocenters. The molecule has 0 N–H and O–H groups in total. The first-order valence-corrected chi connectivity index (χ1v) is 8.48. The van der Waals surface area contributed by atoms with Crippen LogP contribution in [0, 0.1) is 0 Å². The van der Waals surface area contributed by atoms with E-state index >= 15 is 0 Å². The Labute approximate surface area is 155 Å². The number of carbonyl (C=O) groups is 1. The van der Waals surface area contributed by atoms with Crippen LogP contribution in [0.3, 0.4) is 0 Å². The highest BCUT2D eigenvalue weighted by molar-refractivity contribution is 5.98. The average molecular weight is 366 g/mol. The van der Waals surface area contributed by atoms with Crippen molar-refractivity contribution in [2.45, 2.75) is 12.5 Å². The molecule has 1 aliphatic rings. The summed E-state index contributed by atoms with van der Waals surface area (Å²) in [6, 6.07) is 8.54. The maximum absolute atomic E-state index is 13.0. The fraction of sp³-hybridized carbons (Fsp3) is 0.263. The SMILES string of the molecule is COc1ccc(OC)c(C(=O)N2CCC2c2nc(-c3cccnc3)no2)c1. The Kier molecular flexibility index (Phi) is 4.45. The number of likely N-dealkylation sites (tertiary alicyclic amines) is 1. The van der Waals surface area contributed by atoms with Crippen LogP contribution in [0.5, 0.6) is 11.5 Å². The van der Waals surface area contributed by atoms with Crippen molar-refractivity contribution in [3.05, 3.63) is 54.2 Å². The van der Waals surface area contributed by atoms with E-state index in [0.29, 0.717) is 35.3 Å². The number of pyridine rings is 1. The second kappa shape index (κ2) is 7.06. The van der Waals surface area contributed by atoms with E-state index < -0.39 is 0 Å². The summed E-state index contributed by atoms with van der Waals surface area (Å²) in [5.74, 6) is 1.79. The van der Waals surface area contributed by atoms with Crippen LogP contribution in [-0.4, -0.2) is 46.7 Å². The lowest BCUT2D eigenvalue weighted by Gasteiger charge is -2.38. The molecule has 1 atom stereocenters. The van der Waals surface area contributed by atoms with Crippen LogP contribution in [0.1, 0.15) is 28.7 Å². The Balaban J connectivity index is 1.58. The number of ether oxygens (including phenoxy) is 2. The van der Waals surface area contributed by atoms with Crippen LogP contribution in [0.15, 0.2) is 47.2 Å². The molecule has 2 aromatic heterocycles. The largest absolute Gasteiger partial charge is 0.497 e. The van der Waals surface area contributed by atoms with Gasteiger partial charge in [-0.3, -0.25) is 9.78 Å². The molecule has 8 heteroatoms. The van der Waals surface area contributed by atoms with Gasteiger partial charge >= 0.3 is 0 Å². The van der Waals surface area contributed by atoms with Gasteiger partial charge in [-0.2, -0.15) is 4.98 Å². The van der Waals surface area contributed by atoms with Crippen LogP contribution < -0.4 is 9.47 Å². The van der Waals surface area contributed by atoms with Crippen molar-refractivity contribution >= 4 is 5.91 Å². The number of carbonyl (C=O) groups excluding carboxylic acids is 1. The summed E-state index contributed by atoms with van der Waals surface area (Å²) in [5, 5.41) is 4.01. The summed E-state index contributed by atoms with van der Waals surface area (Å²) in [7, 11) is 3.09. The highest BCUT2D eigenvalue weighted by Crippen LogP contribution is 2.36. The number of amides is 1. The molecule has 1 saturated heterocycles. The summed E-state index contributed by atoms with van der Waals surface area (Å²) in [6.45, 7) is 0.606. The van der Waals surface area contributed by atoms with Gasteiger partial charge in [0, 0.05) is 24.5 Å². The number of aromatic nitrogens is 3. The summed E-state index contributed by atoms with van der Waals surface area (Å²) >= 11 is 0. The van der Waals surface area contributed by atoms with Gasteiger partial charge in [-0.1, -0.05) is 5.16 Å². The zero-order chi connectivity index (χ0) is 18.8. The highest BCUT2D eigenvalue weighted by atomic mass is 16.5. The minimum absolute atomic E-state index is 0.164. The van der Waals surface area contributed by atoms with Crippen molar-refractivity contribution < 1.29 is 18.8 Å². The van der Waals surface area contributed by atoms with Crippen LogP contribution in [0.2, 0.25) is 0 Å². The number of benzene rings is 1. The molecular formula is C19H18N4O4. The summed E-state index contributed by atoms with van der Waals surface area (Å²) in [5.41, 5.74) is 1.20. The van der Waals surface area contributed by atoms with E-state index in [-0.39, 0.29) is 11.9 Å². The molecule has 1 aromatic carbocycles. The van der Waals surface area contributed by atoms with Gasteiger partial charge in [0.2, 0.25) is 11.7 Å².